The van der Waals surface area contributed by atoms with E-state index in [1.165, 1.54) is 5.56 Å². The van der Waals surface area contributed by atoms with Crippen LogP contribution < -0.4 is 5.73 Å². The normalized spacial score (nSPS) is 12.8. The quantitative estimate of drug-likeness (QED) is 0.836. The Morgan fingerprint density at radius 1 is 1.21 bits per heavy atom. The Balaban J connectivity index is 2.95. The summed E-state index contributed by atoms with van der Waals surface area (Å²) in [7, 11) is 0.429. The molecule has 0 fully saturated rings. The zero-order valence-corrected chi connectivity index (χ0v) is 14.3. The summed E-state index contributed by atoms with van der Waals surface area (Å²) >= 11 is 6.32. The topological polar surface area (TPSA) is 35.2 Å². The zero-order chi connectivity index (χ0) is 14.7. The molecule has 2 nitrogen and oxygen atoms in total. The molecule has 0 unspecified atom stereocenters. The number of rotatable bonds is 5. The molecule has 2 radical (unpaired) electrons. The van der Waals surface area contributed by atoms with Crippen molar-refractivity contribution in [3.8, 4) is 0 Å². The maximum Gasteiger partial charge on any atom is 0.236 e. The van der Waals surface area contributed by atoms with Gasteiger partial charge in [-0.3, -0.25) is 0 Å². The third kappa shape index (κ3) is 5.26. The molecule has 0 spiro atoms. The maximum absolute atomic E-state index is 6.32. The minimum atomic E-state index is -0.382. The highest BCUT2D eigenvalue weighted by molar-refractivity contribution is 6.32. The summed E-state index contributed by atoms with van der Waals surface area (Å²) in [6.45, 7) is 11.3. The summed E-state index contributed by atoms with van der Waals surface area (Å²) in [6, 6.07) is 6.08. The second kappa shape index (κ2) is 6.40. The fourth-order valence-corrected chi connectivity index (χ4v) is 2.71. The average molecular weight is 298 g/mol. The van der Waals surface area contributed by atoms with Crippen molar-refractivity contribution in [1.29, 1.82) is 0 Å². The predicted molar refractivity (Wildman–Crippen MR) is 83.8 cm³/mol. The first-order chi connectivity index (χ1) is 8.65. The van der Waals surface area contributed by atoms with Crippen molar-refractivity contribution in [2.75, 3.05) is 6.54 Å². The molecule has 0 aromatic heterocycles. The molecule has 4 heteroatoms. The van der Waals surface area contributed by atoms with E-state index in [0.717, 1.165) is 17.0 Å². The Morgan fingerprint density at radius 2 is 1.84 bits per heavy atom. The predicted octanol–water partition coefficient (Wildman–Crippen LogP) is 3.93. The van der Waals surface area contributed by atoms with E-state index >= 15 is 0 Å². The van der Waals surface area contributed by atoms with Gasteiger partial charge in [-0.2, -0.15) is 0 Å². The van der Waals surface area contributed by atoms with Crippen LogP contribution in [-0.2, 0) is 16.4 Å². The van der Waals surface area contributed by atoms with E-state index < -0.39 is 0 Å². The zero-order valence-electron chi connectivity index (χ0n) is 12.5. The lowest BCUT2D eigenvalue weighted by Gasteiger charge is -2.30. The molecule has 0 aliphatic rings. The lowest BCUT2D eigenvalue weighted by Crippen LogP contribution is -2.28. The van der Waals surface area contributed by atoms with Crippen molar-refractivity contribution < 1.29 is 4.43 Å². The molecule has 0 amide bonds. The van der Waals surface area contributed by atoms with Gasteiger partial charge in [-0.15, -0.1) is 0 Å². The van der Waals surface area contributed by atoms with E-state index in [2.05, 4.69) is 40.7 Å². The van der Waals surface area contributed by atoms with Crippen molar-refractivity contribution in [1.82, 2.24) is 0 Å². The highest BCUT2D eigenvalue weighted by atomic mass is 35.5. The minimum Gasteiger partial charge on any atom is -0.408 e. The maximum atomic E-state index is 6.32. The van der Waals surface area contributed by atoms with Gasteiger partial charge in [-0.1, -0.05) is 44.5 Å². The molecule has 0 saturated heterocycles. The van der Waals surface area contributed by atoms with Crippen LogP contribution in [0.2, 0.25) is 10.1 Å². The first-order valence-electron chi connectivity index (χ1n) is 6.60. The van der Waals surface area contributed by atoms with Crippen LogP contribution in [0.25, 0.3) is 0 Å². The first kappa shape index (κ1) is 16.7. The van der Waals surface area contributed by atoms with Gasteiger partial charge >= 0.3 is 0 Å². The second-order valence-electron chi connectivity index (χ2n) is 6.32. The summed E-state index contributed by atoms with van der Waals surface area (Å²) in [5.41, 5.74) is 7.47. The van der Waals surface area contributed by atoms with E-state index in [0.29, 0.717) is 16.3 Å². The number of hydrogen-bond donors (Lipinski definition) is 1. The largest absolute Gasteiger partial charge is 0.408 e. The fourth-order valence-electron chi connectivity index (χ4n) is 1.69. The van der Waals surface area contributed by atoms with Gasteiger partial charge in [-0.05, 0) is 43.5 Å². The van der Waals surface area contributed by atoms with Crippen LogP contribution >= 0.6 is 11.6 Å². The second-order valence-corrected chi connectivity index (χ2v) is 8.63. The van der Waals surface area contributed by atoms with E-state index in [1.54, 1.807) is 0 Å². The van der Waals surface area contributed by atoms with Crippen LogP contribution in [-0.4, -0.2) is 16.3 Å². The molecule has 0 heterocycles. The highest BCUT2D eigenvalue weighted by Gasteiger charge is 2.27. The lowest BCUT2D eigenvalue weighted by atomic mass is 9.95. The number of nitrogens with two attached hydrogens (primary N) is 1. The minimum absolute atomic E-state index is 0.165. The Labute approximate surface area is 124 Å². The standard InChI is InChI=1S/C15H24ClNOSi/c1-14(2,3)19-18-15(4,5)12-10-11(8-9-17)6-7-13(12)16/h6-7,10H,8-9,17H2,1-5H3. The summed E-state index contributed by atoms with van der Waals surface area (Å²) in [5, 5.41) is 0.919. The van der Waals surface area contributed by atoms with Crippen molar-refractivity contribution in [3.63, 3.8) is 0 Å². The lowest BCUT2D eigenvalue weighted by molar-refractivity contribution is 0.109. The number of halogens is 1. The molecule has 0 aliphatic heterocycles. The molecule has 1 rings (SSSR count). The molecule has 1 aromatic rings. The Hall–Kier alpha value is -0.353. The number of hydrogen-bond acceptors (Lipinski definition) is 2. The van der Waals surface area contributed by atoms with Crippen LogP contribution in [0.4, 0.5) is 0 Å². The molecule has 0 saturated carbocycles. The van der Waals surface area contributed by atoms with Crippen molar-refractivity contribution in [2.24, 2.45) is 5.73 Å². The smallest absolute Gasteiger partial charge is 0.236 e. The van der Waals surface area contributed by atoms with E-state index in [-0.39, 0.29) is 10.6 Å². The van der Waals surface area contributed by atoms with Gasteiger partial charge in [0.2, 0.25) is 9.76 Å². The summed E-state index contributed by atoms with van der Waals surface area (Å²) in [5.74, 6) is 0. The van der Waals surface area contributed by atoms with Crippen LogP contribution in [0, 0.1) is 0 Å². The van der Waals surface area contributed by atoms with Crippen LogP contribution in [0.3, 0.4) is 0 Å². The Kier molecular flexibility index (Phi) is 5.62. The van der Waals surface area contributed by atoms with Gasteiger partial charge in [0, 0.05) is 10.6 Å². The average Bonchev–Trinajstić information content (AvgIpc) is 2.29. The highest BCUT2D eigenvalue weighted by Crippen LogP contribution is 2.34. The van der Waals surface area contributed by atoms with Crippen molar-refractivity contribution >= 4 is 21.4 Å². The molecule has 1 aromatic carbocycles. The Bertz CT molecular complexity index is 427. The van der Waals surface area contributed by atoms with Gasteiger partial charge in [0.05, 0.1) is 5.60 Å². The summed E-state index contributed by atoms with van der Waals surface area (Å²) in [6.07, 6.45) is 0.863. The van der Waals surface area contributed by atoms with E-state index in [1.807, 2.05) is 12.1 Å². The van der Waals surface area contributed by atoms with Crippen molar-refractivity contribution in [3.05, 3.63) is 34.3 Å². The van der Waals surface area contributed by atoms with E-state index in [4.69, 9.17) is 21.8 Å². The van der Waals surface area contributed by atoms with Gasteiger partial charge in [-0.25, -0.2) is 0 Å². The SMILES string of the molecule is CC(C)(C)[Si]OC(C)(C)c1cc(CCN)ccc1Cl. The third-order valence-corrected chi connectivity index (χ3v) is 4.28. The van der Waals surface area contributed by atoms with Crippen molar-refractivity contribution in [2.45, 2.75) is 51.7 Å². The summed E-state index contributed by atoms with van der Waals surface area (Å²) in [4.78, 5) is 0. The van der Waals surface area contributed by atoms with Crippen LogP contribution in [0.1, 0.15) is 45.7 Å². The van der Waals surface area contributed by atoms with Gasteiger partial charge in [0.25, 0.3) is 0 Å². The molecule has 0 bridgehead atoms. The van der Waals surface area contributed by atoms with Gasteiger partial charge < -0.3 is 10.2 Å². The fraction of sp³-hybridized carbons (Fsp3) is 0.600. The van der Waals surface area contributed by atoms with E-state index in [9.17, 15) is 0 Å². The first-order valence-corrected chi connectivity index (χ1v) is 7.88. The molecular weight excluding hydrogens is 274 g/mol. The summed E-state index contributed by atoms with van der Waals surface area (Å²) < 4.78 is 6.11. The molecule has 106 valence electrons. The van der Waals surface area contributed by atoms with Gasteiger partial charge in [0.15, 0.2) is 0 Å². The number of benzene rings is 1. The van der Waals surface area contributed by atoms with Gasteiger partial charge in [0.1, 0.15) is 0 Å². The third-order valence-electron chi connectivity index (χ3n) is 2.72. The van der Waals surface area contributed by atoms with Crippen LogP contribution in [0.15, 0.2) is 18.2 Å². The van der Waals surface area contributed by atoms with Crippen LogP contribution in [0.5, 0.6) is 0 Å². The Morgan fingerprint density at radius 3 is 2.37 bits per heavy atom. The molecule has 0 atom stereocenters. The molecular formula is C15H24ClNOSi. The molecule has 0 aliphatic carbocycles. The monoisotopic (exact) mass is 297 g/mol. The molecule has 19 heavy (non-hydrogen) atoms. The molecule has 2 N–H and O–H groups in total.